The number of carbonyl (C=O) groups excluding carboxylic acids is 1. The van der Waals surface area contributed by atoms with Gasteiger partial charge in [-0.2, -0.15) is 18.3 Å². The highest BCUT2D eigenvalue weighted by atomic mass is 35.5. The van der Waals surface area contributed by atoms with Crippen molar-refractivity contribution in [3.8, 4) is 0 Å². The molecule has 4 heterocycles. The van der Waals surface area contributed by atoms with Gasteiger partial charge in [0.25, 0.3) is 0 Å². The fourth-order valence-electron chi connectivity index (χ4n) is 5.91. The van der Waals surface area contributed by atoms with Crippen molar-refractivity contribution < 1.29 is 26.9 Å². The highest BCUT2D eigenvalue weighted by Gasteiger charge is 2.46. The average molecular weight is 598 g/mol. The lowest BCUT2D eigenvalue weighted by Gasteiger charge is -2.41. The smallest absolute Gasteiger partial charge is 0.384 e. The van der Waals surface area contributed by atoms with Gasteiger partial charge in [-0.3, -0.25) is 9.00 Å². The summed E-state index contributed by atoms with van der Waals surface area (Å²) in [4.78, 5) is 20.3. The molecular weight excluding hydrogens is 567 g/mol. The predicted molar refractivity (Wildman–Crippen MR) is 147 cm³/mol. The fraction of sp³-hybridized carbons (Fsp3) is 0.519. The third-order valence-corrected chi connectivity index (χ3v) is 9.52. The van der Waals surface area contributed by atoms with Crippen molar-refractivity contribution in [2.45, 2.75) is 43.8 Å². The van der Waals surface area contributed by atoms with Gasteiger partial charge >= 0.3 is 6.18 Å². The molecule has 0 radical (unpaired) electrons. The fourth-order valence-corrected chi connectivity index (χ4v) is 7.38. The predicted octanol–water partition coefficient (Wildman–Crippen LogP) is 5.05. The van der Waals surface area contributed by atoms with E-state index in [1.54, 1.807) is 36.0 Å². The van der Waals surface area contributed by atoms with Crippen molar-refractivity contribution in [2.75, 3.05) is 43.7 Å². The van der Waals surface area contributed by atoms with Crippen LogP contribution in [0.15, 0.2) is 36.5 Å². The SMILES string of the molecule is COC[C@]1(C)CCN(c2ccc([C@H](N(C)C(=O)C3CCS(=O)CC3)C(F)(F)F)cc2)c2cnc3cc(Cl)nn3c21. The number of alkyl halides is 3. The highest BCUT2D eigenvalue weighted by molar-refractivity contribution is 7.85. The Morgan fingerprint density at radius 1 is 1.27 bits per heavy atom. The molecule has 5 rings (SSSR count). The van der Waals surface area contributed by atoms with E-state index in [1.807, 2.05) is 4.90 Å². The topological polar surface area (TPSA) is 80.0 Å². The number of ether oxygens (including phenoxy) is 1. The minimum atomic E-state index is -4.67. The van der Waals surface area contributed by atoms with E-state index in [1.165, 1.54) is 19.2 Å². The number of benzene rings is 1. The van der Waals surface area contributed by atoms with Crippen LogP contribution < -0.4 is 4.90 Å². The molecule has 3 aromatic rings. The molecule has 13 heteroatoms. The van der Waals surface area contributed by atoms with E-state index < -0.39 is 40.3 Å². The zero-order valence-corrected chi connectivity index (χ0v) is 24.0. The Morgan fingerprint density at radius 3 is 2.58 bits per heavy atom. The molecule has 0 N–H and O–H groups in total. The second kappa shape index (κ2) is 10.9. The van der Waals surface area contributed by atoms with Crippen LogP contribution in [0.2, 0.25) is 5.15 Å². The van der Waals surface area contributed by atoms with Gasteiger partial charge in [0.1, 0.15) is 0 Å². The second-order valence-corrected chi connectivity index (χ2v) is 12.8. The van der Waals surface area contributed by atoms with Gasteiger partial charge in [-0.25, -0.2) is 9.50 Å². The summed E-state index contributed by atoms with van der Waals surface area (Å²) in [6, 6.07) is 5.70. The van der Waals surface area contributed by atoms with Gasteiger partial charge in [0.15, 0.2) is 16.8 Å². The standard InChI is InChI=1S/C27H31ClF3N5O3S/c1-26(16-39-3)10-11-35(20-15-32-22-14-21(28)33-36(22)24(20)26)19-6-4-17(5-7-19)23(27(29,30)31)34(2)25(37)18-8-12-40(38)13-9-18/h4-7,14-15,18,23H,8-13,16H2,1-3H3/t18?,23-,26-,40?/m0/s1. The molecule has 2 aromatic heterocycles. The molecule has 40 heavy (non-hydrogen) atoms. The molecule has 0 bridgehead atoms. The molecule has 0 aliphatic carbocycles. The number of halogens is 4. The molecule has 0 unspecified atom stereocenters. The molecule has 0 spiro atoms. The monoisotopic (exact) mass is 597 g/mol. The van der Waals surface area contributed by atoms with E-state index in [0.29, 0.717) is 60.4 Å². The summed E-state index contributed by atoms with van der Waals surface area (Å²) < 4.78 is 61.9. The zero-order valence-electron chi connectivity index (χ0n) is 22.4. The van der Waals surface area contributed by atoms with E-state index in [4.69, 9.17) is 16.3 Å². The highest BCUT2D eigenvalue weighted by Crippen LogP contribution is 2.44. The number of methoxy groups -OCH3 is 1. The van der Waals surface area contributed by atoms with Gasteiger partial charge < -0.3 is 14.5 Å². The molecule has 0 saturated carbocycles. The summed E-state index contributed by atoms with van der Waals surface area (Å²) in [7, 11) is 1.83. The van der Waals surface area contributed by atoms with Crippen LogP contribution >= 0.6 is 11.6 Å². The summed E-state index contributed by atoms with van der Waals surface area (Å²) in [5.41, 5.74) is 2.48. The van der Waals surface area contributed by atoms with E-state index >= 15 is 0 Å². The first-order valence-corrected chi connectivity index (χ1v) is 14.9. The third-order valence-electron chi connectivity index (χ3n) is 7.95. The number of rotatable bonds is 6. The van der Waals surface area contributed by atoms with Crippen LogP contribution in [-0.4, -0.2) is 74.6 Å². The lowest BCUT2D eigenvalue weighted by molar-refractivity contribution is -0.190. The average Bonchev–Trinajstić information content (AvgIpc) is 3.29. The van der Waals surface area contributed by atoms with Gasteiger partial charge in [0, 0.05) is 66.1 Å². The molecular formula is C27H31ClF3N5O3S. The maximum Gasteiger partial charge on any atom is 0.413 e. The number of hydrogen-bond acceptors (Lipinski definition) is 6. The van der Waals surface area contributed by atoms with Crippen LogP contribution in [0, 0.1) is 5.92 Å². The molecule has 2 atom stereocenters. The molecule has 216 valence electrons. The van der Waals surface area contributed by atoms with Gasteiger partial charge in [-0.1, -0.05) is 30.7 Å². The summed E-state index contributed by atoms with van der Waals surface area (Å²) in [5.74, 6) is -0.457. The maximum absolute atomic E-state index is 14.3. The first kappa shape index (κ1) is 28.8. The van der Waals surface area contributed by atoms with Crippen LogP contribution in [0.1, 0.15) is 43.5 Å². The number of nitrogens with zero attached hydrogens (tertiary/aromatic N) is 5. The van der Waals surface area contributed by atoms with Gasteiger partial charge in [0.05, 0.1) is 24.2 Å². The molecule has 1 aromatic carbocycles. The number of aromatic nitrogens is 3. The number of anilines is 2. The van der Waals surface area contributed by atoms with Gasteiger partial charge in [-0.15, -0.1) is 0 Å². The summed E-state index contributed by atoms with van der Waals surface area (Å²) in [5, 5.41) is 4.74. The Bertz CT molecular complexity index is 1420. The molecule has 2 aliphatic rings. The van der Waals surface area contributed by atoms with Crippen LogP contribution in [0.25, 0.3) is 5.65 Å². The van der Waals surface area contributed by atoms with Crippen molar-refractivity contribution in [3.63, 3.8) is 0 Å². The first-order valence-electron chi connectivity index (χ1n) is 13.0. The number of fused-ring (bicyclic) bond motifs is 3. The van der Waals surface area contributed by atoms with Gasteiger partial charge in [0.2, 0.25) is 5.91 Å². The largest absolute Gasteiger partial charge is 0.413 e. The lowest BCUT2D eigenvalue weighted by Crippen LogP contribution is -2.44. The lowest BCUT2D eigenvalue weighted by atomic mass is 9.80. The van der Waals surface area contributed by atoms with Crippen LogP contribution in [-0.2, 0) is 25.7 Å². The maximum atomic E-state index is 14.3. The van der Waals surface area contributed by atoms with E-state index in [-0.39, 0.29) is 5.56 Å². The minimum absolute atomic E-state index is 0.0274. The normalized spacial score (nSPS) is 24.1. The van der Waals surface area contributed by atoms with Crippen molar-refractivity contribution >= 4 is 45.3 Å². The molecule has 1 saturated heterocycles. The van der Waals surface area contributed by atoms with E-state index in [9.17, 15) is 22.2 Å². The van der Waals surface area contributed by atoms with Crippen molar-refractivity contribution in [1.29, 1.82) is 0 Å². The molecule has 1 fully saturated rings. The quantitative estimate of drug-likeness (QED) is 0.396. The Labute approximate surface area is 237 Å². The van der Waals surface area contributed by atoms with Gasteiger partial charge in [-0.05, 0) is 37.0 Å². The van der Waals surface area contributed by atoms with Crippen molar-refractivity contribution in [2.24, 2.45) is 5.92 Å². The molecule has 8 nitrogen and oxygen atoms in total. The second-order valence-electron chi connectivity index (χ2n) is 10.7. The molecule has 1 amide bonds. The Balaban J connectivity index is 1.47. The van der Waals surface area contributed by atoms with E-state index in [0.717, 1.165) is 16.3 Å². The Kier molecular flexibility index (Phi) is 7.88. The Hall–Kier alpha value is -2.70. The summed E-state index contributed by atoms with van der Waals surface area (Å²) >= 11 is 6.19. The minimum Gasteiger partial charge on any atom is -0.384 e. The van der Waals surface area contributed by atoms with Crippen LogP contribution in [0.5, 0.6) is 0 Å². The van der Waals surface area contributed by atoms with E-state index in [2.05, 4.69) is 17.0 Å². The Morgan fingerprint density at radius 2 is 1.95 bits per heavy atom. The van der Waals surface area contributed by atoms with Crippen LogP contribution in [0.3, 0.4) is 0 Å². The van der Waals surface area contributed by atoms with Crippen LogP contribution in [0.4, 0.5) is 24.5 Å². The first-order chi connectivity index (χ1) is 18.9. The number of carbonyl (C=O) groups is 1. The number of amides is 1. The van der Waals surface area contributed by atoms with Crippen molar-refractivity contribution in [3.05, 3.63) is 52.9 Å². The molecule has 2 aliphatic heterocycles. The summed E-state index contributed by atoms with van der Waals surface area (Å²) in [6.45, 7) is 3.10. The van der Waals surface area contributed by atoms with Crippen molar-refractivity contribution in [1.82, 2.24) is 19.5 Å². The zero-order chi connectivity index (χ0) is 28.8. The summed E-state index contributed by atoms with van der Waals surface area (Å²) in [6.07, 6.45) is -1.58. The third kappa shape index (κ3) is 5.33. The number of hydrogen-bond donors (Lipinski definition) is 0.